The van der Waals surface area contributed by atoms with E-state index in [1.165, 1.54) is 12.2 Å². The second-order valence-electron chi connectivity index (χ2n) is 3.56. The largest absolute Gasteiger partial charge is 0.605 e. The molecule has 0 aromatic heterocycles. The van der Waals surface area contributed by atoms with Crippen molar-refractivity contribution in [1.29, 1.82) is 0 Å². The van der Waals surface area contributed by atoms with Gasteiger partial charge in [-0.3, -0.25) is 0 Å². The van der Waals surface area contributed by atoms with Crippen LogP contribution in [0, 0.1) is 0 Å². The summed E-state index contributed by atoms with van der Waals surface area (Å²) in [5.41, 5.74) is 0. The summed E-state index contributed by atoms with van der Waals surface area (Å²) >= 11 is 0. The van der Waals surface area contributed by atoms with Crippen molar-refractivity contribution in [3.8, 4) is 0 Å². The molecule has 0 aliphatic rings. The van der Waals surface area contributed by atoms with Gasteiger partial charge in [0, 0.05) is 15.6 Å². The maximum absolute atomic E-state index is 11.5. The molecule has 0 aromatic rings. The van der Waals surface area contributed by atoms with E-state index in [4.69, 9.17) is 0 Å². The summed E-state index contributed by atoms with van der Waals surface area (Å²) in [6, 6.07) is 0. The van der Waals surface area contributed by atoms with Crippen molar-refractivity contribution in [2.75, 3.05) is 17.3 Å². The van der Waals surface area contributed by atoms with Crippen LogP contribution in [0.3, 0.4) is 0 Å². The van der Waals surface area contributed by atoms with Gasteiger partial charge in [-0.05, 0) is 12.5 Å². The van der Waals surface area contributed by atoms with Gasteiger partial charge in [-0.25, -0.2) is 8.42 Å². The quantitative estimate of drug-likeness (QED) is 0.354. The third-order valence-corrected chi connectivity index (χ3v) is 5.65. The Bertz CT molecular complexity index is 372. The normalized spacial score (nSPS) is 14.3. The van der Waals surface area contributed by atoms with E-state index in [0.717, 1.165) is 23.6 Å². The summed E-state index contributed by atoms with van der Waals surface area (Å²) in [4.78, 5) is 0. The third kappa shape index (κ3) is 11.0. The van der Waals surface area contributed by atoms with Crippen molar-refractivity contribution in [2.24, 2.45) is 0 Å². The van der Waals surface area contributed by atoms with Crippen LogP contribution in [-0.2, 0) is 20.0 Å². The van der Waals surface area contributed by atoms with Crippen LogP contribution >= 0.6 is 10.8 Å². The first-order valence-corrected chi connectivity index (χ1v) is 10.2. The van der Waals surface area contributed by atoms with Crippen LogP contribution < -0.4 is 0 Å². The lowest BCUT2D eigenvalue weighted by Gasteiger charge is -2.02. The minimum Gasteiger partial charge on any atom is -0.605 e. The zero-order chi connectivity index (χ0) is 13.9. The first-order chi connectivity index (χ1) is 8.52. The van der Waals surface area contributed by atoms with Gasteiger partial charge < -0.3 is 4.55 Å². The molecule has 0 spiro atoms. The third-order valence-electron chi connectivity index (χ3n) is 1.84. The van der Waals surface area contributed by atoms with Crippen molar-refractivity contribution in [3.05, 3.63) is 36.3 Å². The van der Waals surface area contributed by atoms with E-state index < -0.39 is 20.0 Å². The van der Waals surface area contributed by atoms with Crippen molar-refractivity contribution >= 4 is 30.8 Å². The fraction of sp³-hybridized carbons (Fsp3) is 0.500. The van der Waals surface area contributed by atoms with Gasteiger partial charge in [0.25, 0.3) is 0 Å². The standard InChI is InChI=1S/C12H20O3S3/c1-3-5-6-7-10-17(13)16-9-8-12-18(14,15)11-4-2/h4,6-9H,2-3,5,10-12H2,1H3/b7-6+,9-8+. The molecule has 0 aliphatic heterocycles. The average molecular weight is 308 g/mol. The van der Waals surface area contributed by atoms with Crippen molar-refractivity contribution in [2.45, 2.75) is 19.8 Å². The van der Waals surface area contributed by atoms with Crippen molar-refractivity contribution in [1.82, 2.24) is 0 Å². The van der Waals surface area contributed by atoms with Crippen LogP contribution in [0.15, 0.2) is 36.3 Å². The fourth-order valence-corrected chi connectivity index (χ4v) is 3.76. The van der Waals surface area contributed by atoms with E-state index in [2.05, 4.69) is 13.5 Å². The van der Waals surface area contributed by atoms with Crippen LogP contribution in [0.4, 0.5) is 0 Å². The highest BCUT2D eigenvalue weighted by atomic mass is 33.1. The fourth-order valence-electron chi connectivity index (χ4n) is 1.01. The van der Waals surface area contributed by atoms with E-state index in [1.807, 2.05) is 12.2 Å². The van der Waals surface area contributed by atoms with Crippen LogP contribution in [0.1, 0.15) is 19.8 Å². The van der Waals surface area contributed by atoms with Gasteiger partial charge >= 0.3 is 0 Å². The Morgan fingerprint density at radius 2 is 2.00 bits per heavy atom. The summed E-state index contributed by atoms with van der Waals surface area (Å²) in [7, 11) is -2.97. The van der Waals surface area contributed by atoms with Gasteiger partial charge in [-0.15, -0.1) is 6.58 Å². The van der Waals surface area contributed by atoms with E-state index >= 15 is 0 Å². The lowest BCUT2D eigenvalue weighted by Crippen LogP contribution is -2.06. The Kier molecular flexibility index (Phi) is 10.6. The monoisotopic (exact) mass is 308 g/mol. The number of rotatable bonds is 10. The van der Waals surface area contributed by atoms with Gasteiger partial charge in [0.05, 0.1) is 11.5 Å². The molecule has 0 saturated carbocycles. The topological polar surface area (TPSA) is 57.2 Å². The molecule has 0 bridgehead atoms. The Morgan fingerprint density at radius 3 is 2.61 bits per heavy atom. The molecule has 0 amide bonds. The minimum atomic E-state index is -3.09. The molecule has 0 fully saturated rings. The van der Waals surface area contributed by atoms with E-state index in [1.54, 1.807) is 5.41 Å². The zero-order valence-electron chi connectivity index (χ0n) is 10.6. The zero-order valence-corrected chi connectivity index (χ0v) is 13.0. The van der Waals surface area contributed by atoms with Crippen molar-refractivity contribution < 1.29 is 13.0 Å². The Morgan fingerprint density at radius 1 is 1.28 bits per heavy atom. The summed E-state index contributed by atoms with van der Waals surface area (Å²) in [5, 5.41) is 1.59. The minimum absolute atomic E-state index is 0.0230. The second-order valence-corrected chi connectivity index (χ2v) is 8.82. The average Bonchev–Trinajstić information content (AvgIpc) is 2.30. The lowest BCUT2D eigenvalue weighted by atomic mass is 10.3. The molecule has 0 rings (SSSR count). The first-order valence-electron chi connectivity index (χ1n) is 5.68. The Balaban J connectivity index is 3.84. The molecular formula is C12H20O3S3. The number of unbranched alkanes of at least 4 members (excludes halogenated alkanes) is 1. The molecule has 18 heavy (non-hydrogen) atoms. The Hall–Kier alpha value is -0.170. The van der Waals surface area contributed by atoms with Crippen molar-refractivity contribution in [3.63, 3.8) is 0 Å². The van der Waals surface area contributed by atoms with Gasteiger partial charge in [0.1, 0.15) is 16.5 Å². The SMILES string of the molecule is C=CCS(=O)(=O)C/C=C/S[S+]([O-])C/C=C/CCC. The second kappa shape index (κ2) is 10.7. The molecular weight excluding hydrogens is 288 g/mol. The maximum Gasteiger partial charge on any atom is 0.157 e. The van der Waals surface area contributed by atoms with Gasteiger partial charge in [0.15, 0.2) is 9.84 Å². The number of allylic oxidation sites excluding steroid dienone is 1. The molecule has 6 heteroatoms. The van der Waals surface area contributed by atoms with E-state index in [-0.39, 0.29) is 11.5 Å². The van der Waals surface area contributed by atoms with Gasteiger partial charge in [-0.1, -0.05) is 31.6 Å². The molecule has 0 aromatic carbocycles. The smallest absolute Gasteiger partial charge is 0.157 e. The summed E-state index contributed by atoms with van der Waals surface area (Å²) in [6.45, 7) is 5.47. The molecule has 3 nitrogen and oxygen atoms in total. The molecule has 0 heterocycles. The first kappa shape index (κ1) is 17.8. The molecule has 1 atom stereocenters. The number of hydrogen-bond acceptors (Lipinski definition) is 4. The molecule has 0 saturated heterocycles. The summed E-state index contributed by atoms with van der Waals surface area (Å²) in [5.74, 6) is 0.439. The van der Waals surface area contributed by atoms with E-state index in [0.29, 0.717) is 5.75 Å². The molecule has 0 radical (unpaired) electrons. The van der Waals surface area contributed by atoms with Crippen LogP contribution in [0.5, 0.6) is 0 Å². The highest BCUT2D eigenvalue weighted by Gasteiger charge is 2.06. The highest BCUT2D eigenvalue weighted by Crippen LogP contribution is 2.15. The molecule has 0 aliphatic carbocycles. The molecule has 104 valence electrons. The van der Waals surface area contributed by atoms with Crippen LogP contribution in [-0.4, -0.2) is 30.2 Å². The van der Waals surface area contributed by atoms with Crippen LogP contribution in [0.25, 0.3) is 0 Å². The highest BCUT2D eigenvalue weighted by molar-refractivity contribution is 8.73. The Labute approximate surface area is 117 Å². The predicted octanol–water partition coefficient (Wildman–Crippen LogP) is 2.85. The lowest BCUT2D eigenvalue weighted by molar-refractivity contribution is 0.601. The number of sulfone groups is 1. The predicted molar refractivity (Wildman–Crippen MR) is 82.6 cm³/mol. The van der Waals surface area contributed by atoms with E-state index in [9.17, 15) is 13.0 Å². The maximum atomic E-state index is 11.5. The van der Waals surface area contributed by atoms with Crippen LogP contribution in [0.2, 0.25) is 0 Å². The van der Waals surface area contributed by atoms with Gasteiger partial charge in [0.2, 0.25) is 0 Å². The number of hydrogen-bond donors (Lipinski definition) is 0. The molecule has 0 N–H and O–H groups in total. The summed E-state index contributed by atoms with van der Waals surface area (Å²) in [6.07, 6.45) is 8.88. The molecule has 1 unspecified atom stereocenters. The summed E-state index contributed by atoms with van der Waals surface area (Å²) < 4.78 is 34.1. The van der Waals surface area contributed by atoms with Gasteiger partial charge in [-0.2, -0.15) is 0 Å².